The number of ether oxygens (including phenoxy) is 2. The summed E-state index contributed by atoms with van der Waals surface area (Å²) < 4.78 is 10.4. The smallest absolute Gasteiger partial charge is 0.305 e. The van der Waals surface area contributed by atoms with Crippen LogP contribution in [-0.2, 0) is 29.9 Å². The van der Waals surface area contributed by atoms with E-state index in [1.165, 1.54) is 0 Å². The van der Waals surface area contributed by atoms with Crippen LogP contribution in [0.2, 0.25) is 0 Å². The Bertz CT molecular complexity index is 1160. The number of esters is 2. The Morgan fingerprint density at radius 2 is 1.00 bits per heavy atom. The Labute approximate surface area is 238 Å². The van der Waals surface area contributed by atoms with E-state index in [1.54, 1.807) is 12.1 Å². The number of carbonyl (C=O) groups excluding carboxylic acids is 4. The average molecular weight is 549 g/mol. The first-order chi connectivity index (χ1) is 18.9. The Hall–Kier alpha value is -3.28. The van der Waals surface area contributed by atoms with Gasteiger partial charge in [-0.1, -0.05) is 53.7 Å². The van der Waals surface area contributed by atoms with Gasteiger partial charge in [0.1, 0.15) is 0 Å². The van der Waals surface area contributed by atoms with Gasteiger partial charge in [0.25, 0.3) is 0 Å². The topological polar surface area (TPSA) is 86.7 Å². The molecule has 2 aromatic rings. The minimum absolute atomic E-state index is 0.145. The summed E-state index contributed by atoms with van der Waals surface area (Å²) in [6, 6.07) is 11.1. The second-order valence-electron chi connectivity index (χ2n) is 12.1. The predicted molar refractivity (Wildman–Crippen MR) is 156 cm³/mol. The molecule has 0 amide bonds. The molecular weight excluding hydrogens is 504 g/mol. The lowest BCUT2D eigenvalue weighted by molar-refractivity contribution is -0.144. The summed E-state index contributed by atoms with van der Waals surface area (Å²) in [5.41, 5.74) is 3.09. The maximum Gasteiger partial charge on any atom is 0.305 e. The van der Waals surface area contributed by atoms with Crippen LogP contribution in [0, 0.1) is 0 Å². The Balaban J connectivity index is 1.74. The van der Waals surface area contributed by atoms with E-state index in [4.69, 9.17) is 9.47 Å². The molecule has 40 heavy (non-hydrogen) atoms. The molecule has 6 heteroatoms. The van der Waals surface area contributed by atoms with Crippen LogP contribution in [0.4, 0.5) is 0 Å². The molecule has 1 aliphatic rings. The van der Waals surface area contributed by atoms with Crippen LogP contribution in [0.15, 0.2) is 36.4 Å². The molecule has 0 saturated carbocycles. The van der Waals surface area contributed by atoms with Gasteiger partial charge in [-0.15, -0.1) is 0 Å². The molecule has 1 aliphatic carbocycles. The summed E-state index contributed by atoms with van der Waals surface area (Å²) in [7, 11) is 0. The lowest BCUT2D eigenvalue weighted by Gasteiger charge is -2.29. The van der Waals surface area contributed by atoms with Crippen molar-refractivity contribution in [1.82, 2.24) is 0 Å². The van der Waals surface area contributed by atoms with Crippen molar-refractivity contribution in [3.05, 3.63) is 69.8 Å². The highest BCUT2D eigenvalue weighted by atomic mass is 16.5. The number of fused-ring (bicyclic) bond motifs is 2. The third kappa shape index (κ3) is 7.47. The van der Waals surface area contributed by atoms with Crippen LogP contribution in [0.1, 0.15) is 136 Å². The van der Waals surface area contributed by atoms with E-state index in [0.717, 1.165) is 36.8 Å². The van der Waals surface area contributed by atoms with Crippen LogP contribution in [-0.4, -0.2) is 36.7 Å². The van der Waals surface area contributed by atoms with E-state index >= 15 is 0 Å². The van der Waals surface area contributed by atoms with Gasteiger partial charge >= 0.3 is 11.9 Å². The molecule has 0 bridgehead atoms. The molecule has 0 unspecified atom stereocenters. The number of hydrogen-bond donors (Lipinski definition) is 0. The highest BCUT2D eigenvalue weighted by Gasteiger charge is 2.33. The minimum Gasteiger partial charge on any atom is -0.466 e. The Morgan fingerprint density at radius 1 is 0.625 bits per heavy atom. The highest BCUT2D eigenvalue weighted by Crippen LogP contribution is 2.37. The van der Waals surface area contributed by atoms with E-state index in [-0.39, 0.29) is 34.3 Å². The zero-order chi connectivity index (χ0) is 29.5. The molecule has 0 aromatic heterocycles. The first kappa shape index (κ1) is 31.3. The number of benzene rings is 2. The fourth-order valence-corrected chi connectivity index (χ4v) is 5.21. The summed E-state index contributed by atoms with van der Waals surface area (Å²) in [6.45, 7) is 13.2. The number of rotatable bonds is 14. The molecular formula is C34H44O6. The monoisotopic (exact) mass is 548 g/mol. The number of carbonyl (C=O) groups is 4. The van der Waals surface area contributed by atoms with Gasteiger partial charge < -0.3 is 9.47 Å². The fraction of sp³-hybridized carbons (Fsp3) is 0.529. The molecule has 0 fully saturated rings. The van der Waals surface area contributed by atoms with Gasteiger partial charge in [0, 0.05) is 35.1 Å². The van der Waals surface area contributed by atoms with Crippen molar-refractivity contribution in [3.63, 3.8) is 0 Å². The Kier molecular flexibility index (Phi) is 10.5. The molecule has 0 aliphatic heterocycles. The lowest BCUT2D eigenvalue weighted by atomic mass is 9.74. The maximum absolute atomic E-state index is 13.6. The van der Waals surface area contributed by atoms with Crippen molar-refractivity contribution in [2.75, 3.05) is 13.2 Å². The third-order valence-corrected chi connectivity index (χ3v) is 7.88. The van der Waals surface area contributed by atoms with Gasteiger partial charge in [0.2, 0.25) is 0 Å². The van der Waals surface area contributed by atoms with Gasteiger partial charge in [0.15, 0.2) is 11.6 Å². The summed E-state index contributed by atoms with van der Waals surface area (Å²) in [4.78, 5) is 50.9. The van der Waals surface area contributed by atoms with Crippen LogP contribution in [0.25, 0.3) is 0 Å². The quantitative estimate of drug-likeness (QED) is 0.197. The van der Waals surface area contributed by atoms with Gasteiger partial charge in [-0.3, -0.25) is 19.2 Å². The zero-order valence-corrected chi connectivity index (χ0v) is 25.0. The third-order valence-electron chi connectivity index (χ3n) is 7.88. The van der Waals surface area contributed by atoms with E-state index in [1.807, 2.05) is 38.1 Å². The zero-order valence-electron chi connectivity index (χ0n) is 25.0. The molecule has 0 radical (unpaired) electrons. The molecule has 0 saturated heterocycles. The SMILES string of the molecule is CCCOC(=O)CCCC(C)(C)c1ccc2c(c1)C(=O)c1ccc(C(C)(C)CCCC(=O)OCCC)cc1C2=O. The van der Waals surface area contributed by atoms with E-state index in [2.05, 4.69) is 27.7 Å². The van der Waals surface area contributed by atoms with Crippen molar-refractivity contribution in [2.45, 2.75) is 104 Å². The van der Waals surface area contributed by atoms with E-state index < -0.39 is 0 Å². The molecule has 0 N–H and O–H groups in total. The Morgan fingerprint density at radius 3 is 1.35 bits per heavy atom. The molecule has 0 spiro atoms. The molecule has 0 atom stereocenters. The second-order valence-corrected chi connectivity index (χ2v) is 12.1. The van der Waals surface area contributed by atoms with Gasteiger partial charge in [-0.25, -0.2) is 0 Å². The number of ketones is 2. The summed E-state index contributed by atoms with van der Waals surface area (Å²) >= 11 is 0. The summed E-state index contributed by atoms with van der Waals surface area (Å²) in [6.07, 6.45) is 5.20. The number of hydrogen-bond acceptors (Lipinski definition) is 6. The molecule has 3 rings (SSSR count). The van der Waals surface area contributed by atoms with Crippen molar-refractivity contribution in [2.24, 2.45) is 0 Å². The van der Waals surface area contributed by atoms with E-state index in [0.29, 0.717) is 61.2 Å². The van der Waals surface area contributed by atoms with Gasteiger partial charge in [-0.2, -0.15) is 0 Å². The van der Waals surface area contributed by atoms with Gasteiger partial charge in [-0.05, 0) is 84.7 Å². The van der Waals surface area contributed by atoms with Crippen molar-refractivity contribution in [1.29, 1.82) is 0 Å². The predicted octanol–water partition coefficient (Wildman–Crippen LogP) is 7.26. The molecule has 0 heterocycles. The fourth-order valence-electron chi connectivity index (χ4n) is 5.21. The van der Waals surface area contributed by atoms with Gasteiger partial charge in [0.05, 0.1) is 13.2 Å². The van der Waals surface area contributed by atoms with Crippen LogP contribution < -0.4 is 0 Å². The normalized spacial score (nSPS) is 13.1. The molecule has 2 aromatic carbocycles. The first-order valence-corrected chi connectivity index (χ1v) is 14.6. The molecule has 6 nitrogen and oxygen atoms in total. The second kappa shape index (κ2) is 13.4. The summed E-state index contributed by atoms with van der Waals surface area (Å²) in [5.74, 6) is -0.656. The van der Waals surface area contributed by atoms with Crippen LogP contribution >= 0.6 is 0 Å². The highest BCUT2D eigenvalue weighted by molar-refractivity contribution is 6.28. The lowest BCUT2D eigenvalue weighted by Crippen LogP contribution is -2.25. The standard InChI is InChI=1S/C34H44O6/c1-7-19-39-29(35)11-9-17-33(3,4)23-13-15-25-27(21-23)31(37)26-16-14-24(22-28(26)32(25)38)34(5,6)18-10-12-30(36)40-20-8-2/h13-16,21-22H,7-12,17-20H2,1-6H3. The molecule has 216 valence electrons. The van der Waals surface area contributed by atoms with Crippen LogP contribution in [0.3, 0.4) is 0 Å². The average Bonchev–Trinajstić information content (AvgIpc) is 2.92. The van der Waals surface area contributed by atoms with Crippen LogP contribution in [0.5, 0.6) is 0 Å². The maximum atomic E-state index is 13.6. The summed E-state index contributed by atoms with van der Waals surface area (Å²) in [5, 5.41) is 0. The van der Waals surface area contributed by atoms with Crippen molar-refractivity contribution >= 4 is 23.5 Å². The van der Waals surface area contributed by atoms with Crippen molar-refractivity contribution in [3.8, 4) is 0 Å². The van der Waals surface area contributed by atoms with Crippen molar-refractivity contribution < 1.29 is 28.7 Å². The largest absolute Gasteiger partial charge is 0.466 e. The minimum atomic E-state index is -0.277. The van der Waals surface area contributed by atoms with E-state index in [9.17, 15) is 19.2 Å². The first-order valence-electron chi connectivity index (χ1n) is 14.6.